The van der Waals surface area contributed by atoms with E-state index in [1.807, 2.05) is 24.3 Å². The first-order valence-electron chi connectivity index (χ1n) is 6.28. The zero-order chi connectivity index (χ0) is 14.4. The van der Waals surface area contributed by atoms with Crippen molar-refractivity contribution in [3.05, 3.63) is 59.7 Å². The number of carbonyl (C=O) groups excluding carboxylic acids is 1. The third kappa shape index (κ3) is 3.51. The Balaban J connectivity index is 1.97. The summed E-state index contributed by atoms with van der Waals surface area (Å²) < 4.78 is 10.2. The number of ether oxygens (including phenoxy) is 2. The molecule has 0 aliphatic rings. The molecule has 4 heteroatoms. The Labute approximate surface area is 118 Å². The molecule has 104 valence electrons. The van der Waals surface area contributed by atoms with Crippen LogP contribution in [0.2, 0.25) is 0 Å². The van der Waals surface area contributed by atoms with E-state index >= 15 is 0 Å². The second kappa shape index (κ2) is 6.61. The number of amides is 1. The lowest BCUT2D eigenvalue weighted by atomic mass is 10.2. The standard InChI is InChI=1S/C16H17NO3/c1-19-14-8-6-12(7-9-14)11-17-16(18)13-4-3-5-15(10-13)20-2/h3-10H,11H2,1-2H3,(H,17,18). The maximum absolute atomic E-state index is 12.0. The highest BCUT2D eigenvalue weighted by Crippen LogP contribution is 2.13. The molecule has 0 spiro atoms. The van der Waals surface area contributed by atoms with Crippen molar-refractivity contribution in [3.8, 4) is 11.5 Å². The Kier molecular flexibility index (Phi) is 4.60. The number of methoxy groups -OCH3 is 2. The van der Waals surface area contributed by atoms with Crippen molar-refractivity contribution in [2.75, 3.05) is 14.2 Å². The van der Waals surface area contributed by atoms with Crippen LogP contribution in [-0.4, -0.2) is 20.1 Å². The molecular formula is C16H17NO3. The Hall–Kier alpha value is -2.49. The summed E-state index contributed by atoms with van der Waals surface area (Å²) in [5.74, 6) is 1.34. The van der Waals surface area contributed by atoms with E-state index in [9.17, 15) is 4.79 Å². The first-order chi connectivity index (χ1) is 9.72. The van der Waals surface area contributed by atoms with Crippen LogP contribution in [0.1, 0.15) is 15.9 Å². The van der Waals surface area contributed by atoms with Gasteiger partial charge in [0.25, 0.3) is 5.91 Å². The molecule has 0 unspecified atom stereocenters. The Morgan fingerprint density at radius 1 is 1.00 bits per heavy atom. The number of rotatable bonds is 5. The van der Waals surface area contributed by atoms with Gasteiger partial charge in [-0.3, -0.25) is 4.79 Å². The fraction of sp³-hybridized carbons (Fsp3) is 0.188. The molecule has 4 nitrogen and oxygen atoms in total. The van der Waals surface area contributed by atoms with Gasteiger partial charge in [-0.1, -0.05) is 18.2 Å². The molecule has 20 heavy (non-hydrogen) atoms. The van der Waals surface area contributed by atoms with Crippen LogP contribution in [-0.2, 0) is 6.54 Å². The Morgan fingerprint density at radius 3 is 2.35 bits per heavy atom. The highest BCUT2D eigenvalue weighted by atomic mass is 16.5. The molecule has 2 rings (SSSR count). The van der Waals surface area contributed by atoms with E-state index in [1.54, 1.807) is 38.5 Å². The molecule has 2 aromatic carbocycles. The second-order valence-electron chi connectivity index (χ2n) is 4.26. The highest BCUT2D eigenvalue weighted by molar-refractivity contribution is 5.94. The van der Waals surface area contributed by atoms with Gasteiger partial charge in [0.2, 0.25) is 0 Å². The van der Waals surface area contributed by atoms with Crippen LogP contribution in [0.25, 0.3) is 0 Å². The minimum atomic E-state index is -0.125. The fourth-order valence-electron chi connectivity index (χ4n) is 1.79. The predicted octanol–water partition coefficient (Wildman–Crippen LogP) is 2.63. The molecule has 0 aliphatic carbocycles. The van der Waals surface area contributed by atoms with E-state index in [4.69, 9.17) is 9.47 Å². The number of hydrogen-bond donors (Lipinski definition) is 1. The van der Waals surface area contributed by atoms with Gasteiger partial charge in [-0.25, -0.2) is 0 Å². The minimum Gasteiger partial charge on any atom is -0.497 e. The highest BCUT2D eigenvalue weighted by Gasteiger charge is 2.06. The van der Waals surface area contributed by atoms with Gasteiger partial charge in [-0.2, -0.15) is 0 Å². The monoisotopic (exact) mass is 271 g/mol. The lowest BCUT2D eigenvalue weighted by Gasteiger charge is -2.07. The van der Waals surface area contributed by atoms with Crippen molar-refractivity contribution in [1.29, 1.82) is 0 Å². The molecule has 1 amide bonds. The van der Waals surface area contributed by atoms with Crippen LogP contribution in [0.5, 0.6) is 11.5 Å². The Morgan fingerprint density at radius 2 is 1.70 bits per heavy atom. The molecular weight excluding hydrogens is 254 g/mol. The molecule has 0 aliphatic heterocycles. The van der Waals surface area contributed by atoms with Gasteiger partial charge >= 0.3 is 0 Å². The van der Waals surface area contributed by atoms with Crippen LogP contribution in [0, 0.1) is 0 Å². The van der Waals surface area contributed by atoms with Crippen molar-refractivity contribution in [2.24, 2.45) is 0 Å². The lowest BCUT2D eigenvalue weighted by Crippen LogP contribution is -2.22. The van der Waals surface area contributed by atoms with Gasteiger partial charge in [0.15, 0.2) is 0 Å². The van der Waals surface area contributed by atoms with E-state index in [0.717, 1.165) is 11.3 Å². The zero-order valence-corrected chi connectivity index (χ0v) is 11.6. The summed E-state index contributed by atoms with van der Waals surface area (Å²) in [5.41, 5.74) is 1.60. The average Bonchev–Trinajstić information content (AvgIpc) is 2.53. The first kappa shape index (κ1) is 13.9. The summed E-state index contributed by atoms with van der Waals surface area (Å²) in [6.07, 6.45) is 0. The van der Waals surface area contributed by atoms with Gasteiger partial charge in [-0.05, 0) is 35.9 Å². The van der Waals surface area contributed by atoms with Gasteiger partial charge in [0, 0.05) is 12.1 Å². The largest absolute Gasteiger partial charge is 0.497 e. The molecule has 0 saturated carbocycles. The molecule has 2 aromatic rings. The molecule has 0 aromatic heterocycles. The minimum absolute atomic E-state index is 0.125. The van der Waals surface area contributed by atoms with Gasteiger partial charge in [-0.15, -0.1) is 0 Å². The van der Waals surface area contributed by atoms with Crippen molar-refractivity contribution in [2.45, 2.75) is 6.54 Å². The van der Waals surface area contributed by atoms with Crippen LogP contribution in [0.3, 0.4) is 0 Å². The van der Waals surface area contributed by atoms with Gasteiger partial charge < -0.3 is 14.8 Å². The van der Waals surface area contributed by atoms with E-state index in [-0.39, 0.29) is 5.91 Å². The third-order valence-electron chi connectivity index (χ3n) is 2.94. The fourth-order valence-corrected chi connectivity index (χ4v) is 1.79. The summed E-state index contributed by atoms with van der Waals surface area (Å²) in [5, 5.41) is 2.87. The lowest BCUT2D eigenvalue weighted by molar-refractivity contribution is 0.0950. The van der Waals surface area contributed by atoms with E-state index < -0.39 is 0 Å². The Bertz CT molecular complexity index is 579. The average molecular weight is 271 g/mol. The van der Waals surface area contributed by atoms with Crippen LogP contribution in [0.15, 0.2) is 48.5 Å². The van der Waals surface area contributed by atoms with E-state index in [0.29, 0.717) is 17.9 Å². The van der Waals surface area contributed by atoms with Crippen LogP contribution >= 0.6 is 0 Å². The molecule has 0 bridgehead atoms. The molecule has 1 N–H and O–H groups in total. The summed E-state index contributed by atoms with van der Waals surface area (Å²) in [6, 6.07) is 14.6. The second-order valence-corrected chi connectivity index (χ2v) is 4.26. The summed E-state index contributed by atoms with van der Waals surface area (Å²) in [4.78, 5) is 12.0. The predicted molar refractivity (Wildman–Crippen MR) is 77.2 cm³/mol. The van der Waals surface area contributed by atoms with Crippen molar-refractivity contribution in [3.63, 3.8) is 0 Å². The van der Waals surface area contributed by atoms with E-state index in [2.05, 4.69) is 5.32 Å². The summed E-state index contributed by atoms with van der Waals surface area (Å²) in [6.45, 7) is 0.472. The smallest absolute Gasteiger partial charge is 0.251 e. The SMILES string of the molecule is COc1ccc(CNC(=O)c2cccc(OC)c2)cc1. The topological polar surface area (TPSA) is 47.6 Å². The molecule has 0 heterocycles. The van der Waals surface area contributed by atoms with Crippen molar-refractivity contribution < 1.29 is 14.3 Å². The van der Waals surface area contributed by atoms with Gasteiger partial charge in [0.05, 0.1) is 14.2 Å². The third-order valence-corrected chi connectivity index (χ3v) is 2.94. The summed E-state index contributed by atoms with van der Waals surface area (Å²) >= 11 is 0. The maximum atomic E-state index is 12.0. The van der Waals surface area contributed by atoms with E-state index in [1.165, 1.54) is 0 Å². The number of benzene rings is 2. The molecule has 0 radical (unpaired) electrons. The number of hydrogen-bond acceptors (Lipinski definition) is 3. The molecule has 0 fully saturated rings. The zero-order valence-electron chi connectivity index (χ0n) is 11.6. The maximum Gasteiger partial charge on any atom is 0.251 e. The quantitative estimate of drug-likeness (QED) is 0.909. The number of nitrogens with one attached hydrogen (secondary N) is 1. The molecule has 0 atom stereocenters. The van der Waals surface area contributed by atoms with Crippen molar-refractivity contribution in [1.82, 2.24) is 5.32 Å². The first-order valence-corrected chi connectivity index (χ1v) is 6.28. The van der Waals surface area contributed by atoms with Crippen LogP contribution in [0.4, 0.5) is 0 Å². The normalized spacial score (nSPS) is 9.90. The van der Waals surface area contributed by atoms with Crippen LogP contribution < -0.4 is 14.8 Å². The molecule has 0 saturated heterocycles. The summed E-state index contributed by atoms with van der Waals surface area (Å²) in [7, 11) is 3.20. The van der Waals surface area contributed by atoms with Gasteiger partial charge in [0.1, 0.15) is 11.5 Å². The number of carbonyl (C=O) groups is 1. The van der Waals surface area contributed by atoms with Crippen molar-refractivity contribution >= 4 is 5.91 Å².